The quantitative estimate of drug-likeness (QED) is 0.802. The molecule has 0 radical (unpaired) electrons. The van der Waals surface area contributed by atoms with Crippen molar-refractivity contribution in [2.24, 2.45) is 7.05 Å². The predicted molar refractivity (Wildman–Crippen MR) is 110 cm³/mol. The van der Waals surface area contributed by atoms with Gasteiger partial charge in [0.15, 0.2) is 0 Å². The molecule has 1 aromatic heterocycles. The standard InChI is InChI=1S/C23H29N3O2/c1-16-14-21-17(15-19(16)20-6-7-22(27)25(2)24-20)8-9-23(28-21)10-12-26(13-11-23)18-4-3-5-18/h6-7,14-15,18H,3-5,8-13H2,1-2H3. The highest BCUT2D eigenvalue weighted by Crippen LogP contribution is 2.42. The second kappa shape index (κ2) is 6.73. The molecule has 3 heterocycles. The first-order valence-electron chi connectivity index (χ1n) is 10.6. The van der Waals surface area contributed by atoms with Crippen molar-refractivity contribution in [2.75, 3.05) is 13.1 Å². The molecule has 3 aliphatic rings. The van der Waals surface area contributed by atoms with Crippen LogP contribution in [0.25, 0.3) is 11.3 Å². The minimum atomic E-state index is -0.0853. The van der Waals surface area contributed by atoms with Gasteiger partial charge in [0.05, 0.1) is 5.69 Å². The maximum Gasteiger partial charge on any atom is 0.266 e. The number of rotatable bonds is 2. The van der Waals surface area contributed by atoms with E-state index in [9.17, 15) is 4.79 Å². The van der Waals surface area contributed by atoms with Crippen molar-refractivity contribution in [2.45, 2.75) is 63.5 Å². The molecule has 2 aromatic rings. The Morgan fingerprint density at radius 3 is 2.61 bits per heavy atom. The van der Waals surface area contributed by atoms with E-state index in [-0.39, 0.29) is 11.2 Å². The summed E-state index contributed by atoms with van der Waals surface area (Å²) in [4.78, 5) is 14.3. The third-order valence-corrected chi connectivity index (χ3v) is 7.12. The Labute approximate surface area is 166 Å². The Morgan fingerprint density at radius 1 is 1.14 bits per heavy atom. The molecular formula is C23H29N3O2. The van der Waals surface area contributed by atoms with Crippen LogP contribution in [0.1, 0.15) is 49.7 Å². The lowest BCUT2D eigenvalue weighted by Gasteiger charge is -2.48. The van der Waals surface area contributed by atoms with Gasteiger partial charge in [-0.3, -0.25) is 4.79 Å². The predicted octanol–water partition coefficient (Wildman–Crippen LogP) is 3.47. The normalized spacial score (nSPS) is 21.8. The summed E-state index contributed by atoms with van der Waals surface area (Å²) in [5.74, 6) is 1.05. The zero-order valence-electron chi connectivity index (χ0n) is 16.9. The van der Waals surface area contributed by atoms with E-state index in [0.717, 1.165) is 54.3 Å². The number of likely N-dealkylation sites (tertiary alicyclic amines) is 1. The van der Waals surface area contributed by atoms with Gasteiger partial charge in [-0.15, -0.1) is 0 Å². The van der Waals surface area contributed by atoms with Gasteiger partial charge in [-0.2, -0.15) is 5.10 Å². The van der Waals surface area contributed by atoms with E-state index in [2.05, 4.69) is 29.1 Å². The summed E-state index contributed by atoms with van der Waals surface area (Å²) < 4.78 is 8.05. The van der Waals surface area contributed by atoms with Crippen molar-refractivity contribution >= 4 is 0 Å². The molecular weight excluding hydrogens is 350 g/mol. The Bertz CT molecular complexity index is 953. The molecule has 2 aliphatic heterocycles. The van der Waals surface area contributed by atoms with Gasteiger partial charge in [0, 0.05) is 37.8 Å². The summed E-state index contributed by atoms with van der Waals surface area (Å²) in [6.07, 6.45) is 8.62. The van der Waals surface area contributed by atoms with Crippen LogP contribution in [0.3, 0.4) is 0 Å². The van der Waals surface area contributed by atoms with E-state index in [0.29, 0.717) is 0 Å². The van der Waals surface area contributed by atoms with E-state index in [4.69, 9.17) is 4.74 Å². The van der Waals surface area contributed by atoms with Crippen molar-refractivity contribution < 1.29 is 4.74 Å². The average Bonchev–Trinajstić information content (AvgIpc) is 2.64. The highest BCUT2D eigenvalue weighted by molar-refractivity contribution is 5.66. The largest absolute Gasteiger partial charge is 0.487 e. The summed E-state index contributed by atoms with van der Waals surface area (Å²) in [5, 5.41) is 4.43. The third kappa shape index (κ3) is 3.06. The van der Waals surface area contributed by atoms with E-state index in [1.165, 1.54) is 42.6 Å². The van der Waals surface area contributed by atoms with Crippen LogP contribution < -0.4 is 10.3 Å². The number of nitrogens with zero attached hydrogens (tertiary/aromatic N) is 3. The fourth-order valence-electron chi connectivity index (χ4n) is 4.99. The summed E-state index contributed by atoms with van der Waals surface area (Å²) in [5.41, 5.74) is 4.29. The molecule has 1 saturated heterocycles. The zero-order valence-corrected chi connectivity index (χ0v) is 16.9. The van der Waals surface area contributed by atoms with Crippen LogP contribution in [-0.2, 0) is 13.5 Å². The van der Waals surface area contributed by atoms with Crippen LogP contribution in [0.2, 0.25) is 0 Å². The van der Waals surface area contributed by atoms with E-state index in [1.54, 1.807) is 13.1 Å². The van der Waals surface area contributed by atoms with Gasteiger partial charge in [-0.25, -0.2) is 4.68 Å². The number of piperidine rings is 1. The topological polar surface area (TPSA) is 47.4 Å². The zero-order chi connectivity index (χ0) is 19.3. The molecule has 0 amide bonds. The fourth-order valence-corrected chi connectivity index (χ4v) is 4.99. The first-order chi connectivity index (χ1) is 13.5. The molecule has 0 atom stereocenters. The second-order valence-corrected chi connectivity index (χ2v) is 8.86. The van der Waals surface area contributed by atoms with E-state index < -0.39 is 0 Å². The molecule has 5 heteroatoms. The van der Waals surface area contributed by atoms with Crippen LogP contribution >= 0.6 is 0 Å². The van der Waals surface area contributed by atoms with Crippen LogP contribution in [0.15, 0.2) is 29.1 Å². The lowest BCUT2D eigenvalue weighted by molar-refractivity contribution is -0.0337. The van der Waals surface area contributed by atoms with Crippen molar-refractivity contribution in [3.8, 4) is 17.0 Å². The van der Waals surface area contributed by atoms with Gasteiger partial charge < -0.3 is 9.64 Å². The number of hydrogen-bond acceptors (Lipinski definition) is 4. The van der Waals surface area contributed by atoms with Gasteiger partial charge >= 0.3 is 0 Å². The molecule has 148 valence electrons. The number of fused-ring (bicyclic) bond motifs is 1. The minimum Gasteiger partial charge on any atom is -0.487 e. The van der Waals surface area contributed by atoms with Gasteiger partial charge in [-0.1, -0.05) is 6.42 Å². The number of benzene rings is 1. The van der Waals surface area contributed by atoms with Crippen LogP contribution in [0.4, 0.5) is 0 Å². The fraction of sp³-hybridized carbons (Fsp3) is 0.565. The maximum atomic E-state index is 11.7. The number of ether oxygens (including phenoxy) is 1. The number of aryl methyl sites for hydroxylation is 3. The van der Waals surface area contributed by atoms with Crippen LogP contribution in [0, 0.1) is 6.92 Å². The van der Waals surface area contributed by atoms with Crippen molar-refractivity contribution in [3.05, 3.63) is 45.7 Å². The average molecular weight is 380 g/mol. The maximum absolute atomic E-state index is 11.7. The SMILES string of the molecule is Cc1cc2c(cc1-c1ccc(=O)n(C)n1)CCC1(CCN(C3CCC3)CC1)O2. The summed E-state index contributed by atoms with van der Waals surface area (Å²) in [7, 11) is 1.70. The third-order valence-electron chi connectivity index (χ3n) is 7.12. The number of aromatic nitrogens is 2. The van der Waals surface area contributed by atoms with Crippen molar-refractivity contribution in [1.82, 2.24) is 14.7 Å². The Kier molecular flexibility index (Phi) is 4.31. The highest BCUT2D eigenvalue weighted by atomic mass is 16.5. The molecule has 28 heavy (non-hydrogen) atoms. The van der Waals surface area contributed by atoms with Gasteiger partial charge in [0.1, 0.15) is 11.4 Å². The van der Waals surface area contributed by atoms with Crippen molar-refractivity contribution in [3.63, 3.8) is 0 Å². The smallest absolute Gasteiger partial charge is 0.266 e. The minimum absolute atomic E-state index is 0.0239. The summed E-state index contributed by atoms with van der Waals surface area (Å²) in [6.45, 7) is 4.46. The molecule has 1 saturated carbocycles. The lowest BCUT2D eigenvalue weighted by Crippen LogP contribution is -2.53. The Hall–Kier alpha value is -2.14. The summed E-state index contributed by atoms with van der Waals surface area (Å²) >= 11 is 0. The van der Waals surface area contributed by atoms with E-state index >= 15 is 0 Å². The van der Waals surface area contributed by atoms with E-state index in [1.807, 2.05) is 6.07 Å². The van der Waals surface area contributed by atoms with Gasteiger partial charge in [0.25, 0.3) is 5.56 Å². The summed E-state index contributed by atoms with van der Waals surface area (Å²) in [6, 6.07) is 8.64. The molecule has 5 rings (SSSR count). The second-order valence-electron chi connectivity index (χ2n) is 8.86. The Morgan fingerprint density at radius 2 is 1.93 bits per heavy atom. The molecule has 0 bridgehead atoms. The molecule has 0 unspecified atom stereocenters. The van der Waals surface area contributed by atoms with Gasteiger partial charge in [0.2, 0.25) is 0 Å². The van der Waals surface area contributed by atoms with Crippen LogP contribution in [-0.4, -0.2) is 39.4 Å². The molecule has 1 spiro atoms. The first kappa shape index (κ1) is 17.9. The van der Waals surface area contributed by atoms with Crippen LogP contribution in [0.5, 0.6) is 5.75 Å². The Balaban J connectivity index is 1.37. The van der Waals surface area contributed by atoms with Crippen molar-refractivity contribution in [1.29, 1.82) is 0 Å². The molecule has 1 aliphatic carbocycles. The molecule has 5 nitrogen and oxygen atoms in total. The molecule has 0 N–H and O–H groups in total. The monoisotopic (exact) mass is 379 g/mol. The molecule has 2 fully saturated rings. The van der Waals surface area contributed by atoms with Gasteiger partial charge in [-0.05, 0) is 74.8 Å². The number of hydrogen-bond donors (Lipinski definition) is 0. The highest BCUT2D eigenvalue weighted by Gasteiger charge is 2.41. The lowest BCUT2D eigenvalue weighted by atomic mass is 9.80. The molecule has 1 aromatic carbocycles. The first-order valence-corrected chi connectivity index (χ1v) is 10.6.